The normalized spacial score (nSPS) is 11.5. The molecule has 2 N–H and O–H groups in total. The topological polar surface area (TPSA) is 71.1 Å². The van der Waals surface area contributed by atoms with Crippen LogP contribution in [0.2, 0.25) is 0 Å². The first-order valence-corrected chi connectivity index (χ1v) is 7.16. The quantitative estimate of drug-likeness (QED) is 0.824. The molecular weight excluding hydrogens is 278 g/mol. The Morgan fingerprint density at radius 1 is 1.00 bits per heavy atom. The van der Waals surface area contributed by atoms with Gasteiger partial charge in [0.15, 0.2) is 0 Å². The smallest absolute Gasteiger partial charge is 0.309 e. The molecule has 0 aliphatic rings. The molecule has 2 aromatic rings. The summed E-state index contributed by atoms with van der Waals surface area (Å²) in [4.78, 5) is 27.4. The lowest BCUT2D eigenvalue weighted by Gasteiger charge is -2.13. The molecule has 5 heteroatoms. The van der Waals surface area contributed by atoms with Crippen molar-refractivity contribution >= 4 is 11.8 Å². The van der Waals surface area contributed by atoms with E-state index in [-0.39, 0.29) is 5.92 Å². The summed E-state index contributed by atoms with van der Waals surface area (Å²) in [7, 11) is 0. The van der Waals surface area contributed by atoms with Crippen molar-refractivity contribution in [2.75, 3.05) is 6.54 Å². The van der Waals surface area contributed by atoms with Crippen molar-refractivity contribution in [1.29, 1.82) is 0 Å². The Labute approximate surface area is 129 Å². The van der Waals surface area contributed by atoms with Gasteiger partial charge in [-0.3, -0.25) is 14.6 Å². The standard InChI is InChI=1S/C17H19N3O2/c1-13(15-5-3-2-4-6-15)11-19-16(21)17(22)20-12-14-7-9-18-10-8-14/h2-10,13H,11-12H2,1H3,(H,19,21)(H,20,22)/t13-/m0/s1. The minimum Gasteiger partial charge on any atom is -0.347 e. The van der Waals surface area contributed by atoms with Crippen molar-refractivity contribution < 1.29 is 9.59 Å². The van der Waals surface area contributed by atoms with E-state index in [0.717, 1.165) is 11.1 Å². The molecule has 1 heterocycles. The molecule has 0 saturated heterocycles. The molecular formula is C17H19N3O2. The van der Waals surface area contributed by atoms with E-state index < -0.39 is 11.8 Å². The second-order valence-electron chi connectivity index (χ2n) is 5.06. The first-order valence-electron chi connectivity index (χ1n) is 7.16. The van der Waals surface area contributed by atoms with Gasteiger partial charge in [0.2, 0.25) is 0 Å². The molecule has 2 amide bonds. The van der Waals surface area contributed by atoms with Crippen LogP contribution in [0.5, 0.6) is 0 Å². The van der Waals surface area contributed by atoms with E-state index in [0.29, 0.717) is 13.1 Å². The van der Waals surface area contributed by atoms with Gasteiger partial charge in [-0.2, -0.15) is 0 Å². The van der Waals surface area contributed by atoms with Crippen LogP contribution in [0.25, 0.3) is 0 Å². The van der Waals surface area contributed by atoms with Gasteiger partial charge < -0.3 is 10.6 Å². The highest BCUT2D eigenvalue weighted by atomic mass is 16.2. The minimum absolute atomic E-state index is 0.151. The predicted molar refractivity (Wildman–Crippen MR) is 84.0 cm³/mol. The third kappa shape index (κ3) is 4.70. The average Bonchev–Trinajstić information content (AvgIpc) is 2.58. The van der Waals surface area contributed by atoms with Gasteiger partial charge in [-0.15, -0.1) is 0 Å². The van der Waals surface area contributed by atoms with Crippen LogP contribution in [0.4, 0.5) is 0 Å². The van der Waals surface area contributed by atoms with Gasteiger partial charge in [0.05, 0.1) is 0 Å². The molecule has 0 unspecified atom stereocenters. The van der Waals surface area contributed by atoms with E-state index in [2.05, 4.69) is 15.6 Å². The molecule has 1 atom stereocenters. The molecule has 5 nitrogen and oxygen atoms in total. The molecule has 0 spiro atoms. The maximum atomic E-state index is 11.8. The number of rotatable bonds is 5. The maximum absolute atomic E-state index is 11.8. The van der Waals surface area contributed by atoms with Gasteiger partial charge in [0.1, 0.15) is 0 Å². The van der Waals surface area contributed by atoms with Crippen LogP contribution in [-0.4, -0.2) is 23.3 Å². The molecule has 0 bridgehead atoms. The number of amides is 2. The van der Waals surface area contributed by atoms with Crippen LogP contribution < -0.4 is 10.6 Å². The third-order valence-corrected chi connectivity index (χ3v) is 3.35. The Morgan fingerprint density at radius 2 is 1.64 bits per heavy atom. The maximum Gasteiger partial charge on any atom is 0.309 e. The Morgan fingerprint density at radius 3 is 2.32 bits per heavy atom. The van der Waals surface area contributed by atoms with E-state index >= 15 is 0 Å². The molecule has 0 aliphatic carbocycles. The van der Waals surface area contributed by atoms with Crippen molar-refractivity contribution in [3.8, 4) is 0 Å². The largest absolute Gasteiger partial charge is 0.347 e. The van der Waals surface area contributed by atoms with Crippen molar-refractivity contribution in [3.05, 3.63) is 66.0 Å². The first kappa shape index (κ1) is 15.7. The summed E-state index contributed by atoms with van der Waals surface area (Å²) in [5.74, 6) is -1.09. The summed E-state index contributed by atoms with van der Waals surface area (Å²) >= 11 is 0. The fraction of sp³-hybridized carbons (Fsp3) is 0.235. The predicted octanol–water partition coefficient (Wildman–Crippen LogP) is 1.62. The number of carbonyl (C=O) groups is 2. The van der Waals surface area contributed by atoms with E-state index in [4.69, 9.17) is 0 Å². The second-order valence-corrected chi connectivity index (χ2v) is 5.06. The van der Waals surface area contributed by atoms with Crippen molar-refractivity contribution in [1.82, 2.24) is 15.6 Å². The number of carbonyl (C=O) groups excluding carboxylic acids is 2. The monoisotopic (exact) mass is 297 g/mol. The highest BCUT2D eigenvalue weighted by molar-refractivity contribution is 6.35. The molecule has 114 valence electrons. The fourth-order valence-electron chi connectivity index (χ4n) is 1.99. The second kappa shape index (κ2) is 7.93. The molecule has 0 radical (unpaired) electrons. The van der Waals surface area contributed by atoms with Gasteiger partial charge in [0, 0.05) is 25.5 Å². The highest BCUT2D eigenvalue weighted by Crippen LogP contribution is 2.12. The van der Waals surface area contributed by atoms with Gasteiger partial charge in [-0.05, 0) is 29.2 Å². The van der Waals surface area contributed by atoms with E-state index in [1.54, 1.807) is 24.5 Å². The van der Waals surface area contributed by atoms with Crippen LogP contribution in [0, 0.1) is 0 Å². The van der Waals surface area contributed by atoms with Gasteiger partial charge >= 0.3 is 11.8 Å². The molecule has 2 rings (SSSR count). The molecule has 1 aromatic heterocycles. The van der Waals surface area contributed by atoms with Gasteiger partial charge in [0.25, 0.3) is 0 Å². The van der Waals surface area contributed by atoms with E-state index in [1.165, 1.54) is 0 Å². The number of nitrogens with one attached hydrogen (secondary N) is 2. The number of hydrogen-bond acceptors (Lipinski definition) is 3. The zero-order valence-corrected chi connectivity index (χ0v) is 12.5. The summed E-state index contributed by atoms with van der Waals surface area (Å²) in [5, 5.41) is 5.24. The van der Waals surface area contributed by atoms with Gasteiger partial charge in [-0.1, -0.05) is 37.3 Å². The van der Waals surface area contributed by atoms with E-state index in [9.17, 15) is 9.59 Å². The molecule has 0 saturated carbocycles. The summed E-state index contributed by atoms with van der Waals surface area (Å²) in [5.41, 5.74) is 2.02. The zero-order chi connectivity index (χ0) is 15.8. The lowest BCUT2D eigenvalue weighted by atomic mass is 10.0. The van der Waals surface area contributed by atoms with Crippen molar-refractivity contribution in [2.24, 2.45) is 0 Å². The molecule has 1 aromatic carbocycles. The number of nitrogens with zero attached hydrogens (tertiary/aromatic N) is 1. The van der Waals surface area contributed by atoms with E-state index in [1.807, 2.05) is 37.3 Å². The molecule has 0 fully saturated rings. The van der Waals surface area contributed by atoms with Gasteiger partial charge in [-0.25, -0.2) is 0 Å². The van der Waals surface area contributed by atoms with Crippen molar-refractivity contribution in [2.45, 2.75) is 19.4 Å². The first-order chi connectivity index (χ1) is 10.7. The van der Waals surface area contributed by atoms with Crippen LogP contribution in [-0.2, 0) is 16.1 Å². The van der Waals surface area contributed by atoms with Crippen LogP contribution >= 0.6 is 0 Å². The number of hydrogen-bond donors (Lipinski definition) is 2. The highest BCUT2D eigenvalue weighted by Gasteiger charge is 2.14. The summed E-state index contributed by atoms with van der Waals surface area (Å²) in [6, 6.07) is 13.4. The molecule has 22 heavy (non-hydrogen) atoms. The summed E-state index contributed by atoms with van der Waals surface area (Å²) < 4.78 is 0. The minimum atomic E-state index is -0.628. The SMILES string of the molecule is C[C@@H](CNC(=O)C(=O)NCc1ccncc1)c1ccccc1. The molecule has 0 aliphatic heterocycles. The van der Waals surface area contributed by atoms with Crippen LogP contribution in [0.3, 0.4) is 0 Å². The Hall–Kier alpha value is -2.69. The lowest BCUT2D eigenvalue weighted by molar-refractivity contribution is -0.139. The zero-order valence-electron chi connectivity index (χ0n) is 12.5. The third-order valence-electron chi connectivity index (χ3n) is 3.35. The van der Waals surface area contributed by atoms with Crippen molar-refractivity contribution in [3.63, 3.8) is 0 Å². The number of aromatic nitrogens is 1. The summed E-state index contributed by atoms with van der Waals surface area (Å²) in [6.07, 6.45) is 3.28. The van der Waals surface area contributed by atoms with Crippen LogP contribution in [0.1, 0.15) is 24.0 Å². The number of pyridine rings is 1. The Kier molecular flexibility index (Phi) is 5.65. The summed E-state index contributed by atoms with van der Waals surface area (Å²) in [6.45, 7) is 2.74. The fourth-order valence-corrected chi connectivity index (χ4v) is 1.99. The number of benzene rings is 1. The Balaban J connectivity index is 1.76. The van der Waals surface area contributed by atoms with Crippen LogP contribution in [0.15, 0.2) is 54.9 Å². The Bertz CT molecular complexity index is 614. The average molecular weight is 297 g/mol. The lowest BCUT2D eigenvalue weighted by Crippen LogP contribution is -2.40.